The molecule has 3 N–H and O–H groups in total. The number of nitrogens with two attached hydrogens (primary N) is 1. The first-order valence-electron chi connectivity index (χ1n) is 4.22. The summed E-state index contributed by atoms with van der Waals surface area (Å²) in [6.45, 7) is 8.43. The van der Waals surface area contributed by atoms with E-state index in [1.165, 1.54) is 0 Å². The Balaban J connectivity index is -0.000000138. The van der Waals surface area contributed by atoms with Crippen LogP contribution < -0.4 is 11.1 Å². The van der Waals surface area contributed by atoms with Gasteiger partial charge in [0.1, 0.15) is 0 Å². The second-order valence-electron chi connectivity index (χ2n) is 1.21. The van der Waals surface area contributed by atoms with Gasteiger partial charge < -0.3 is 11.1 Å². The minimum absolute atomic E-state index is 0.00231. The van der Waals surface area contributed by atoms with Gasteiger partial charge in [0.15, 0.2) is 0 Å². The van der Waals surface area contributed by atoms with Crippen LogP contribution in [0.4, 0.5) is 0 Å². The Bertz CT molecular complexity index is 65.1. The number of nitrogens with one attached hydrogen (secondary N) is 1. The van der Waals surface area contributed by atoms with Crippen LogP contribution in [-0.2, 0) is 4.79 Å². The van der Waals surface area contributed by atoms with Gasteiger partial charge in [-0.05, 0) is 0 Å². The molecule has 3 heteroatoms. The van der Waals surface area contributed by atoms with E-state index in [9.17, 15) is 4.79 Å². The lowest BCUT2D eigenvalue weighted by Crippen LogP contribution is -2.20. The molecule has 0 aromatic rings. The standard InChI is InChI=1S/C4H10N2O.2C2H6/c1-6-4(7)2-3-5;2*1-2/h2-3,5H2,1H3,(H,6,7);2*1-2H3. The van der Waals surface area contributed by atoms with Crippen molar-refractivity contribution in [1.29, 1.82) is 0 Å². The van der Waals surface area contributed by atoms with Gasteiger partial charge in [-0.1, -0.05) is 27.7 Å². The summed E-state index contributed by atoms with van der Waals surface area (Å²) in [5.74, 6) is 0.00231. The zero-order chi connectivity index (χ0) is 9.70. The fourth-order valence-electron chi connectivity index (χ4n) is 0.256. The van der Waals surface area contributed by atoms with Crippen LogP contribution in [0.5, 0.6) is 0 Å². The third kappa shape index (κ3) is 26.5. The van der Waals surface area contributed by atoms with E-state index in [0.717, 1.165) is 0 Å². The first-order valence-corrected chi connectivity index (χ1v) is 4.22. The maximum absolute atomic E-state index is 10.2. The summed E-state index contributed by atoms with van der Waals surface area (Å²) in [6.07, 6.45) is 0.427. The van der Waals surface area contributed by atoms with Crippen LogP contribution in [-0.4, -0.2) is 19.5 Å². The van der Waals surface area contributed by atoms with Gasteiger partial charge in [-0.15, -0.1) is 0 Å². The van der Waals surface area contributed by atoms with Crippen molar-refractivity contribution < 1.29 is 4.79 Å². The largest absolute Gasteiger partial charge is 0.359 e. The van der Waals surface area contributed by atoms with Crippen molar-refractivity contribution in [3.63, 3.8) is 0 Å². The second-order valence-corrected chi connectivity index (χ2v) is 1.21. The van der Waals surface area contributed by atoms with Gasteiger partial charge in [-0.2, -0.15) is 0 Å². The molecular formula is C8H22N2O. The Kier molecular flexibility index (Phi) is 34.7. The van der Waals surface area contributed by atoms with Gasteiger partial charge in [0.05, 0.1) is 0 Å². The Morgan fingerprint density at radius 2 is 1.64 bits per heavy atom. The Labute approximate surface area is 70.4 Å². The van der Waals surface area contributed by atoms with Crippen LogP contribution in [0.25, 0.3) is 0 Å². The molecule has 0 radical (unpaired) electrons. The normalized spacial score (nSPS) is 6.36. The maximum Gasteiger partial charge on any atom is 0.221 e. The van der Waals surface area contributed by atoms with Crippen molar-refractivity contribution in [3.05, 3.63) is 0 Å². The molecule has 70 valence electrons. The average Bonchev–Trinajstić information content (AvgIpc) is 2.12. The first-order chi connectivity index (χ1) is 5.31. The molecule has 11 heavy (non-hydrogen) atoms. The predicted molar refractivity (Wildman–Crippen MR) is 50.4 cm³/mol. The van der Waals surface area contributed by atoms with Crippen LogP contribution in [0.1, 0.15) is 34.1 Å². The topological polar surface area (TPSA) is 55.1 Å². The number of carbonyl (C=O) groups is 1. The molecule has 0 aliphatic carbocycles. The average molecular weight is 162 g/mol. The van der Waals surface area contributed by atoms with Gasteiger partial charge in [-0.25, -0.2) is 0 Å². The summed E-state index contributed by atoms with van der Waals surface area (Å²) in [6, 6.07) is 0. The molecule has 0 saturated carbocycles. The summed E-state index contributed by atoms with van der Waals surface area (Å²) in [5, 5.41) is 2.45. The van der Waals surface area contributed by atoms with Gasteiger partial charge in [-0.3, -0.25) is 4.79 Å². The van der Waals surface area contributed by atoms with Crippen LogP contribution in [0, 0.1) is 0 Å². The highest BCUT2D eigenvalue weighted by Gasteiger charge is 1.90. The van der Waals surface area contributed by atoms with Gasteiger partial charge in [0, 0.05) is 20.0 Å². The summed E-state index contributed by atoms with van der Waals surface area (Å²) in [4.78, 5) is 10.2. The fraction of sp³-hybridized carbons (Fsp3) is 0.875. The van der Waals surface area contributed by atoms with Crippen molar-refractivity contribution in [2.45, 2.75) is 34.1 Å². The molecule has 0 fully saturated rings. The number of hydrogen-bond donors (Lipinski definition) is 2. The van der Waals surface area contributed by atoms with Crippen LogP contribution in [0.2, 0.25) is 0 Å². The van der Waals surface area contributed by atoms with E-state index >= 15 is 0 Å². The van der Waals surface area contributed by atoms with Crippen molar-refractivity contribution in [2.24, 2.45) is 5.73 Å². The zero-order valence-electron chi connectivity index (χ0n) is 8.40. The molecule has 0 aliphatic rings. The molecule has 3 nitrogen and oxygen atoms in total. The number of hydrogen-bond acceptors (Lipinski definition) is 2. The highest BCUT2D eigenvalue weighted by atomic mass is 16.1. The fourth-order valence-corrected chi connectivity index (χ4v) is 0.256. The van der Waals surface area contributed by atoms with Gasteiger partial charge in [0.2, 0.25) is 5.91 Å². The molecule has 0 aromatic carbocycles. The molecule has 0 heterocycles. The van der Waals surface area contributed by atoms with E-state index in [4.69, 9.17) is 5.73 Å². The van der Waals surface area contributed by atoms with E-state index in [0.29, 0.717) is 13.0 Å². The van der Waals surface area contributed by atoms with E-state index in [-0.39, 0.29) is 5.91 Å². The molecule has 0 spiro atoms. The highest BCUT2D eigenvalue weighted by Crippen LogP contribution is 1.68. The number of amides is 1. The molecule has 0 saturated heterocycles. The lowest BCUT2D eigenvalue weighted by atomic mass is 10.4. The molecule has 0 aliphatic heterocycles. The monoisotopic (exact) mass is 162 g/mol. The second kappa shape index (κ2) is 22.7. The first kappa shape index (κ1) is 16.8. The minimum atomic E-state index is 0.00231. The third-order valence-electron chi connectivity index (χ3n) is 0.650. The Hall–Kier alpha value is -0.570. The lowest BCUT2D eigenvalue weighted by molar-refractivity contribution is -0.120. The van der Waals surface area contributed by atoms with Crippen molar-refractivity contribution >= 4 is 5.91 Å². The SMILES string of the molecule is CC.CC.CNC(=O)CCN. The van der Waals surface area contributed by atoms with Crippen LogP contribution in [0.3, 0.4) is 0 Å². The maximum atomic E-state index is 10.2. The quantitative estimate of drug-likeness (QED) is 0.639. The Morgan fingerprint density at radius 1 is 1.27 bits per heavy atom. The van der Waals surface area contributed by atoms with E-state index < -0.39 is 0 Å². The Morgan fingerprint density at radius 3 is 1.73 bits per heavy atom. The molecule has 0 rings (SSSR count). The van der Waals surface area contributed by atoms with E-state index in [1.54, 1.807) is 7.05 Å². The molecule has 0 unspecified atom stereocenters. The molecule has 1 amide bonds. The van der Waals surface area contributed by atoms with Crippen LogP contribution in [0.15, 0.2) is 0 Å². The highest BCUT2D eigenvalue weighted by molar-refractivity contribution is 5.75. The van der Waals surface area contributed by atoms with Crippen LogP contribution >= 0.6 is 0 Å². The van der Waals surface area contributed by atoms with Gasteiger partial charge >= 0.3 is 0 Å². The molecule has 0 atom stereocenters. The summed E-state index contributed by atoms with van der Waals surface area (Å²) in [5.41, 5.74) is 5.04. The third-order valence-corrected chi connectivity index (χ3v) is 0.650. The number of rotatable bonds is 2. The van der Waals surface area contributed by atoms with E-state index in [2.05, 4.69) is 5.32 Å². The van der Waals surface area contributed by atoms with Crippen molar-refractivity contribution in [2.75, 3.05) is 13.6 Å². The molecule has 0 bridgehead atoms. The predicted octanol–water partition coefficient (Wildman–Crippen LogP) is 1.13. The lowest BCUT2D eigenvalue weighted by Gasteiger charge is -1.91. The van der Waals surface area contributed by atoms with Gasteiger partial charge in [0.25, 0.3) is 0 Å². The zero-order valence-corrected chi connectivity index (χ0v) is 8.40. The van der Waals surface area contributed by atoms with E-state index in [1.807, 2.05) is 27.7 Å². The minimum Gasteiger partial charge on any atom is -0.359 e. The van der Waals surface area contributed by atoms with Crippen molar-refractivity contribution in [3.8, 4) is 0 Å². The smallest absolute Gasteiger partial charge is 0.221 e. The summed E-state index contributed by atoms with van der Waals surface area (Å²) in [7, 11) is 1.60. The number of carbonyl (C=O) groups excluding carboxylic acids is 1. The molecular weight excluding hydrogens is 140 g/mol. The van der Waals surface area contributed by atoms with Crippen molar-refractivity contribution in [1.82, 2.24) is 5.32 Å². The summed E-state index contributed by atoms with van der Waals surface area (Å²) >= 11 is 0. The summed E-state index contributed by atoms with van der Waals surface area (Å²) < 4.78 is 0. The molecule has 0 aromatic heterocycles.